The second kappa shape index (κ2) is 3.33. The minimum absolute atomic E-state index is 0.190. The summed E-state index contributed by atoms with van der Waals surface area (Å²) in [5.41, 5.74) is 0.190. The molecule has 0 amide bonds. The van der Waals surface area contributed by atoms with Gasteiger partial charge in [-0.15, -0.1) is 12.7 Å². The molecule has 0 saturated carbocycles. The average Bonchev–Trinajstić information content (AvgIpc) is 1.60. The molecule has 5 nitrogen and oxygen atoms in total. The molecule has 0 aliphatic carbocycles. The molecule has 0 aromatic heterocycles. The Hall–Kier alpha value is -0.110. The van der Waals surface area contributed by atoms with E-state index < -0.39 is 19.3 Å². The van der Waals surface area contributed by atoms with E-state index in [1.807, 2.05) is 0 Å². The van der Waals surface area contributed by atoms with Crippen LogP contribution in [0.5, 0.6) is 0 Å². The van der Waals surface area contributed by atoms with Crippen LogP contribution < -0.4 is 0 Å². The van der Waals surface area contributed by atoms with Gasteiger partial charge >= 0.3 is 24.9 Å². The van der Waals surface area contributed by atoms with Gasteiger partial charge in [0, 0.05) is 14.1 Å². The van der Waals surface area contributed by atoms with E-state index in [2.05, 4.69) is 0 Å². The van der Waals surface area contributed by atoms with E-state index in [9.17, 15) is 13.2 Å². The van der Waals surface area contributed by atoms with Gasteiger partial charge in [0.2, 0.25) is 0 Å². The number of rotatable bonds is 3. The molecular weight excluding hydrogens is 178 g/mol. The number of nitrogens with zero attached hydrogens (tertiary/aromatic N) is 1. The third-order valence-corrected chi connectivity index (χ3v) is 4.40. The molecule has 0 aromatic carbocycles. The molecule has 1 N–H and O–H groups in total. The van der Waals surface area contributed by atoms with Crippen LogP contribution in [0.3, 0.4) is 0 Å². The highest BCUT2D eigenvalue weighted by Crippen LogP contribution is 2.03. The molecule has 1 unspecified atom stereocenters. The molecule has 0 fully saturated rings. The molecule has 0 radical (unpaired) electrons. The summed E-state index contributed by atoms with van der Waals surface area (Å²) < 4.78 is 30.1. The summed E-state index contributed by atoms with van der Waals surface area (Å²) in [6.07, 6.45) is 0. The van der Waals surface area contributed by atoms with E-state index in [1.54, 1.807) is 0 Å². The van der Waals surface area contributed by atoms with E-state index in [0.717, 1.165) is 4.31 Å². The predicted molar refractivity (Wildman–Crippen MR) is 39.4 cm³/mol. The summed E-state index contributed by atoms with van der Waals surface area (Å²) in [6.45, 7) is 0. The standard InChI is InChI=1S/C3H7NO4S2/c1-4(2)9(3-5)10(6,7)8/h3H,1-2H3/p+1. The van der Waals surface area contributed by atoms with Gasteiger partial charge in [-0.05, 0) is 0 Å². The maximum absolute atomic E-state index is 10.3. The molecule has 0 rings (SSSR count). The Bertz CT molecular complexity index is 209. The van der Waals surface area contributed by atoms with E-state index >= 15 is 0 Å². The summed E-state index contributed by atoms with van der Waals surface area (Å²) in [5.74, 6) is 0. The zero-order valence-corrected chi connectivity index (χ0v) is 7.15. The molecule has 7 heteroatoms. The molecule has 0 aliphatic heterocycles. The van der Waals surface area contributed by atoms with Gasteiger partial charge in [-0.25, -0.2) is 9.35 Å². The summed E-state index contributed by atoms with van der Waals surface area (Å²) in [6, 6.07) is 0. The third-order valence-electron chi connectivity index (χ3n) is 0.658. The molecule has 0 bridgehead atoms. The SMILES string of the molecule is CN(C)[S+](C=O)S(=O)(=O)O. The van der Waals surface area contributed by atoms with Crippen molar-refractivity contribution in [1.29, 1.82) is 0 Å². The van der Waals surface area contributed by atoms with Crippen molar-refractivity contribution in [2.24, 2.45) is 0 Å². The molecule has 10 heavy (non-hydrogen) atoms. The van der Waals surface area contributed by atoms with Crippen LogP contribution in [0.4, 0.5) is 0 Å². The smallest absolute Gasteiger partial charge is 0.245 e. The maximum Gasteiger partial charge on any atom is 0.475 e. The van der Waals surface area contributed by atoms with Crippen LogP contribution in [0.25, 0.3) is 0 Å². The van der Waals surface area contributed by atoms with Crippen molar-refractivity contribution < 1.29 is 17.8 Å². The fraction of sp³-hybridized carbons (Fsp3) is 0.667. The molecule has 60 valence electrons. The maximum atomic E-state index is 10.3. The van der Waals surface area contributed by atoms with Crippen molar-refractivity contribution in [3.63, 3.8) is 0 Å². The Kier molecular flexibility index (Phi) is 3.29. The van der Waals surface area contributed by atoms with E-state index in [4.69, 9.17) is 4.55 Å². The van der Waals surface area contributed by atoms with Crippen LogP contribution in [0.1, 0.15) is 0 Å². The topological polar surface area (TPSA) is 74.7 Å². The Morgan fingerprint density at radius 3 is 1.90 bits per heavy atom. The fourth-order valence-electron chi connectivity index (χ4n) is 0.324. The first-order valence-electron chi connectivity index (χ1n) is 2.23. The Balaban J connectivity index is 4.54. The minimum Gasteiger partial charge on any atom is -0.245 e. The van der Waals surface area contributed by atoms with Gasteiger partial charge in [-0.1, -0.05) is 0 Å². The first-order chi connectivity index (χ1) is 4.39. The lowest BCUT2D eigenvalue weighted by molar-refractivity contribution is 0.499. The van der Waals surface area contributed by atoms with Crippen molar-refractivity contribution >= 4 is 24.9 Å². The van der Waals surface area contributed by atoms with Crippen LogP contribution in [0, 0.1) is 0 Å². The largest absolute Gasteiger partial charge is 0.475 e. The third kappa shape index (κ3) is 2.65. The Morgan fingerprint density at radius 1 is 1.50 bits per heavy atom. The highest BCUT2D eigenvalue weighted by Gasteiger charge is 2.37. The zero-order chi connectivity index (χ0) is 8.36. The van der Waals surface area contributed by atoms with Gasteiger partial charge in [0.05, 0.1) is 0 Å². The van der Waals surface area contributed by atoms with Crippen molar-refractivity contribution in [3.8, 4) is 0 Å². The van der Waals surface area contributed by atoms with Gasteiger partial charge in [-0.2, -0.15) is 0 Å². The highest BCUT2D eigenvalue weighted by molar-refractivity contribution is 8.71. The molecule has 0 aromatic rings. The lowest BCUT2D eigenvalue weighted by atomic mass is 11.3. The minimum atomic E-state index is -4.23. The molecule has 0 aliphatic rings. The number of carbonyl (C=O) groups is 1. The lowest BCUT2D eigenvalue weighted by Crippen LogP contribution is -2.30. The number of hydrogen-bond donors (Lipinski definition) is 1. The highest BCUT2D eigenvalue weighted by atomic mass is 33.2. The van der Waals surface area contributed by atoms with Crippen LogP contribution in [-0.2, 0) is 24.1 Å². The monoisotopic (exact) mass is 186 g/mol. The van der Waals surface area contributed by atoms with Crippen LogP contribution in [0.15, 0.2) is 0 Å². The molecular formula is C3H8NO4S2+. The van der Waals surface area contributed by atoms with Crippen molar-refractivity contribution in [2.45, 2.75) is 0 Å². The van der Waals surface area contributed by atoms with Crippen molar-refractivity contribution in [2.75, 3.05) is 14.1 Å². The average molecular weight is 186 g/mol. The van der Waals surface area contributed by atoms with Crippen LogP contribution in [-0.4, -0.2) is 37.0 Å². The second-order valence-corrected chi connectivity index (χ2v) is 6.23. The molecule has 0 heterocycles. The summed E-state index contributed by atoms with van der Waals surface area (Å²) >= 11 is 0. The van der Waals surface area contributed by atoms with Gasteiger partial charge in [0.1, 0.15) is 0 Å². The van der Waals surface area contributed by atoms with Crippen molar-refractivity contribution in [1.82, 2.24) is 4.31 Å². The van der Waals surface area contributed by atoms with Gasteiger partial charge in [-0.3, -0.25) is 0 Å². The van der Waals surface area contributed by atoms with Crippen LogP contribution in [0.2, 0.25) is 0 Å². The predicted octanol–water partition coefficient (Wildman–Crippen LogP) is -0.926. The van der Waals surface area contributed by atoms with Gasteiger partial charge in [0.15, 0.2) is 0 Å². The normalized spacial score (nSPS) is 15.2. The molecule has 1 atom stereocenters. The van der Waals surface area contributed by atoms with Gasteiger partial charge < -0.3 is 0 Å². The summed E-state index contributed by atoms with van der Waals surface area (Å²) in [4.78, 5) is 10.0. The lowest BCUT2D eigenvalue weighted by Gasteiger charge is -2.00. The Morgan fingerprint density at radius 2 is 1.90 bits per heavy atom. The Labute approximate surface area is 61.6 Å². The number of carbonyl (C=O) groups excluding carboxylic acids is 1. The molecule has 0 spiro atoms. The molecule has 0 saturated heterocycles. The summed E-state index contributed by atoms with van der Waals surface area (Å²) in [7, 11) is -3.16. The zero-order valence-electron chi connectivity index (χ0n) is 5.51. The van der Waals surface area contributed by atoms with Crippen molar-refractivity contribution in [3.05, 3.63) is 0 Å². The van der Waals surface area contributed by atoms with Gasteiger partial charge in [0.25, 0.3) is 0 Å². The van der Waals surface area contributed by atoms with E-state index in [1.165, 1.54) is 14.1 Å². The van der Waals surface area contributed by atoms with E-state index in [-0.39, 0.29) is 5.62 Å². The summed E-state index contributed by atoms with van der Waals surface area (Å²) in [5, 5.41) is 0. The fourth-order valence-corrected chi connectivity index (χ4v) is 2.40. The second-order valence-electron chi connectivity index (χ2n) is 1.61. The first kappa shape index (κ1) is 9.89. The number of hydrogen-bond acceptors (Lipinski definition) is 4. The first-order valence-corrected chi connectivity index (χ1v) is 5.43. The van der Waals surface area contributed by atoms with E-state index in [0.29, 0.717) is 0 Å². The quantitative estimate of drug-likeness (QED) is 0.267. The van der Waals surface area contributed by atoms with Crippen LogP contribution >= 0.6 is 0 Å².